The van der Waals surface area contributed by atoms with Gasteiger partial charge < -0.3 is 20.1 Å². The van der Waals surface area contributed by atoms with Crippen molar-refractivity contribution < 1.29 is 19.5 Å². The van der Waals surface area contributed by atoms with Gasteiger partial charge in [-0.25, -0.2) is 9.67 Å². The summed E-state index contributed by atoms with van der Waals surface area (Å²) in [6.45, 7) is 9.88. The second kappa shape index (κ2) is 12.7. The van der Waals surface area contributed by atoms with Crippen LogP contribution in [0.4, 0.5) is 0 Å². The van der Waals surface area contributed by atoms with Crippen molar-refractivity contribution >= 4 is 29.4 Å². The number of benzene rings is 1. The molecule has 0 spiro atoms. The maximum Gasteiger partial charge on any atom is 0.248 e. The summed E-state index contributed by atoms with van der Waals surface area (Å²) in [5.41, 5.74) is 5.14. The molecule has 0 bridgehead atoms. The van der Waals surface area contributed by atoms with Crippen molar-refractivity contribution in [1.29, 1.82) is 0 Å². The number of hydrogen-bond acceptors (Lipinski definition) is 8. The van der Waals surface area contributed by atoms with E-state index in [9.17, 15) is 19.5 Å². The van der Waals surface area contributed by atoms with Crippen molar-refractivity contribution in [3.05, 3.63) is 52.9 Å². The van der Waals surface area contributed by atoms with Crippen LogP contribution < -0.4 is 5.32 Å². The Bertz CT molecular complexity index is 1440. The number of carbonyl (C=O) groups excluding carboxylic acids is 3. The number of carbonyl (C=O) groups is 3. The van der Waals surface area contributed by atoms with Crippen LogP contribution in [0.1, 0.15) is 94.8 Å². The Balaban J connectivity index is 1.30. The number of thiazole rings is 1. The molecule has 1 aliphatic carbocycles. The van der Waals surface area contributed by atoms with Gasteiger partial charge in [-0.05, 0) is 56.1 Å². The van der Waals surface area contributed by atoms with Gasteiger partial charge in [-0.3, -0.25) is 9.59 Å². The zero-order chi connectivity index (χ0) is 30.9. The van der Waals surface area contributed by atoms with Crippen molar-refractivity contribution in [2.75, 3.05) is 6.54 Å². The summed E-state index contributed by atoms with van der Waals surface area (Å²) in [7, 11) is 0. The lowest BCUT2D eigenvalue weighted by atomic mass is 9.81. The minimum Gasteiger partial charge on any atom is -0.391 e. The van der Waals surface area contributed by atoms with E-state index in [1.165, 1.54) is 4.90 Å². The largest absolute Gasteiger partial charge is 0.391 e. The molecule has 11 heteroatoms. The highest BCUT2D eigenvalue weighted by molar-refractivity contribution is 7.13. The zero-order valence-corrected chi connectivity index (χ0v) is 26.4. The lowest BCUT2D eigenvalue weighted by Gasteiger charge is -2.35. The third-order valence-electron chi connectivity index (χ3n) is 8.87. The highest BCUT2D eigenvalue weighted by Gasteiger charge is 2.45. The molecule has 2 aromatic heterocycles. The van der Waals surface area contributed by atoms with Crippen molar-refractivity contribution in [3.63, 3.8) is 0 Å². The van der Waals surface area contributed by atoms with E-state index in [0.29, 0.717) is 0 Å². The molecule has 0 unspecified atom stereocenters. The van der Waals surface area contributed by atoms with Crippen LogP contribution in [0.2, 0.25) is 0 Å². The number of nitrogens with zero attached hydrogens (tertiary/aromatic N) is 5. The second-order valence-electron chi connectivity index (χ2n) is 13.2. The van der Waals surface area contributed by atoms with Crippen LogP contribution in [-0.2, 0) is 14.4 Å². The first-order chi connectivity index (χ1) is 20.5. The van der Waals surface area contributed by atoms with Crippen molar-refractivity contribution in [1.82, 2.24) is 30.2 Å². The van der Waals surface area contributed by atoms with E-state index in [0.717, 1.165) is 59.4 Å². The Kier molecular flexibility index (Phi) is 9.12. The van der Waals surface area contributed by atoms with Crippen LogP contribution in [-0.4, -0.2) is 66.8 Å². The molecule has 3 heterocycles. The minimum atomic E-state index is -0.796. The van der Waals surface area contributed by atoms with E-state index in [-0.39, 0.29) is 42.7 Å². The maximum atomic E-state index is 14.2. The van der Waals surface area contributed by atoms with Gasteiger partial charge >= 0.3 is 0 Å². The number of aliphatic hydroxyl groups excluding tert-OH is 1. The van der Waals surface area contributed by atoms with Gasteiger partial charge in [0.2, 0.25) is 11.8 Å². The number of aromatic nitrogens is 4. The number of aldehydes is 1. The smallest absolute Gasteiger partial charge is 0.248 e. The third-order valence-corrected chi connectivity index (χ3v) is 9.85. The molecule has 2 fully saturated rings. The summed E-state index contributed by atoms with van der Waals surface area (Å²) in [6, 6.07) is 6.26. The molecule has 1 aromatic carbocycles. The van der Waals surface area contributed by atoms with E-state index in [1.54, 1.807) is 16.0 Å². The summed E-state index contributed by atoms with van der Waals surface area (Å²) in [5.74, 6) is -0.245. The molecule has 1 saturated carbocycles. The van der Waals surface area contributed by atoms with E-state index >= 15 is 0 Å². The summed E-state index contributed by atoms with van der Waals surface area (Å²) in [4.78, 5) is 45.9. The maximum absolute atomic E-state index is 14.2. The van der Waals surface area contributed by atoms with Crippen LogP contribution in [0.15, 0.2) is 36.0 Å². The topological polar surface area (TPSA) is 130 Å². The minimum absolute atomic E-state index is 0.0814. The van der Waals surface area contributed by atoms with E-state index in [1.807, 2.05) is 70.6 Å². The predicted octanol–water partition coefficient (Wildman–Crippen LogP) is 4.61. The van der Waals surface area contributed by atoms with Crippen molar-refractivity contribution in [3.8, 4) is 10.4 Å². The van der Waals surface area contributed by atoms with E-state index in [2.05, 4.69) is 20.6 Å². The highest BCUT2D eigenvalue weighted by atomic mass is 32.1. The molecule has 4 atom stereocenters. The van der Waals surface area contributed by atoms with Crippen LogP contribution in [0.3, 0.4) is 0 Å². The van der Waals surface area contributed by atoms with Gasteiger partial charge in [0.1, 0.15) is 18.4 Å². The Morgan fingerprint density at radius 2 is 1.84 bits per heavy atom. The molecule has 0 radical (unpaired) electrons. The molecule has 2 N–H and O–H groups in total. The van der Waals surface area contributed by atoms with Gasteiger partial charge in [-0.2, -0.15) is 0 Å². The molecule has 2 amide bonds. The van der Waals surface area contributed by atoms with Crippen molar-refractivity contribution in [2.24, 2.45) is 11.3 Å². The van der Waals surface area contributed by atoms with Crippen LogP contribution in [0.5, 0.6) is 0 Å². The number of aryl methyl sites for hydroxylation is 1. The number of β-amino-alcohol motifs (C(OH)–C–C–N with tert-alkyl or cyclic N) is 1. The number of amides is 2. The highest BCUT2D eigenvalue weighted by Crippen LogP contribution is 2.37. The Morgan fingerprint density at radius 1 is 1.14 bits per heavy atom. The molecule has 2 aliphatic rings. The molecule has 5 rings (SSSR count). The lowest BCUT2D eigenvalue weighted by molar-refractivity contribution is -0.144. The van der Waals surface area contributed by atoms with Gasteiger partial charge in [-0.1, -0.05) is 50.3 Å². The van der Waals surface area contributed by atoms with Gasteiger partial charge in [-0.15, -0.1) is 16.4 Å². The van der Waals surface area contributed by atoms with Crippen LogP contribution in [0, 0.1) is 18.3 Å². The summed E-state index contributed by atoms with van der Waals surface area (Å²) >= 11 is 1.60. The number of likely N-dealkylation sites (tertiary alicyclic amines) is 1. The predicted molar refractivity (Wildman–Crippen MR) is 164 cm³/mol. The molecule has 230 valence electrons. The van der Waals surface area contributed by atoms with Gasteiger partial charge in [0.05, 0.1) is 33.9 Å². The summed E-state index contributed by atoms with van der Waals surface area (Å²) in [5, 5.41) is 22.5. The van der Waals surface area contributed by atoms with Gasteiger partial charge in [0.15, 0.2) is 0 Å². The molecule has 10 nitrogen and oxygen atoms in total. The van der Waals surface area contributed by atoms with E-state index in [4.69, 9.17) is 0 Å². The molecule has 1 aliphatic heterocycles. The van der Waals surface area contributed by atoms with Crippen LogP contribution >= 0.6 is 11.3 Å². The Morgan fingerprint density at radius 3 is 2.44 bits per heavy atom. The monoisotopic (exact) mass is 606 g/mol. The van der Waals surface area contributed by atoms with Gasteiger partial charge in [0.25, 0.3) is 0 Å². The normalized spacial score (nSPS) is 24.0. The average molecular weight is 607 g/mol. The SMILES string of the molecule is Cc1ncsc1-c1ccc([C@H](C)NC(=O)[C@@H]2C[C@@H](O)CN2C(=O)[C@@H](n2cc(C3CCC(C=O)CC3)nn2)C(C)(C)C)cc1. The van der Waals surface area contributed by atoms with Crippen molar-refractivity contribution in [2.45, 2.75) is 96.9 Å². The fourth-order valence-corrected chi connectivity index (χ4v) is 7.20. The Labute approximate surface area is 256 Å². The quantitative estimate of drug-likeness (QED) is 0.358. The second-order valence-corrected chi connectivity index (χ2v) is 14.0. The first-order valence-electron chi connectivity index (χ1n) is 15.1. The fraction of sp³-hybridized carbons (Fsp3) is 0.562. The standard InChI is InChI=1S/C32H42N6O4S/c1-19(22-10-12-24(13-11-22)28-20(2)33-18-43-28)34-30(41)27-14-25(40)15-37(27)31(42)29(32(3,4)5)38-16-26(35-36-38)23-8-6-21(17-39)7-9-23/h10-13,16-19,21,23,25,27,29,40H,6-9,14-15H2,1-5H3,(H,34,41)/t19-,21?,23?,25+,27-,29+/m0/s1. The zero-order valence-electron chi connectivity index (χ0n) is 25.6. The fourth-order valence-electron chi connectivity index (χ4n) is 6.39. The van der Waals surface area contributed by atoms with E-state index < -0.39 is 23.6 Å². The molecular weight excluding hydrogens is 564 g/mol. The number of rotatable bonds is 8. The van der Waals surface area contributed by atoms with Crippen LogP contribution in [0.25, 0.3) is 10.4 Å². The molecule has 43 heavy (non-hydrogen) atoms. The Hall–Kier alpha value is -3.44. The summed E-state index contributed by atoms with van der Waals surface area (Å²) < 4.78 is 1.62. The number of nitrogens with one attached hydrogen (secondary N) is 1. The van der Waals surface area contributed by atoms with Gasteiger partial charge in [0, 0.05) is 31.0 Å². The molecular formula is C32H42N6O4S. The third kappa shape index (κ3) is 6.72. The lowest BCUT2D eigenvalue weighted by Crippen LogP contribution is -2.50. The molecule has 3 aromatic rings. The summed E-state index contributed by atoms with van der Waals surface area (Å²) in [6.07, 6.45) is 5.66. The number of aliphatic hydroxyl groups is 1. The first-order valence-corrected chi connectivity index (χ1v) is 16.0. The molecule has 1 saturated heterocycles. The first kappa shape index (κ1) is 31.0. The average Bonchev–Trinajstić information content (AvgIpc) is 3.72. The number of hydrogen-bond donors (Lipinski definition) is 2.